The number of fused-ring (bicyclic) bond motifs is 1. The molecule has 0 heterocycles. The number of hydrogen-bond acceptors (Lipinski definition) is 0. The molecule has 2 fully saturated rings. The number of rotatable bonds is 5. The maximum Gasteiger partial charge on any atom is -0.0160 e. The molecule has 22 heavy (non-hydrogen) atoms. The molecule has 0 aromatic heterocycles. The van der Waals surface area contributed by atoms with Crippen molar-refractivity contribution >= 4 is 0 Å². The first kappa shape index (κ1) is 14.5. The van der Waals surface area contributed by atoms with Crippen molar-refractivity contribution in [3.05, 3.63) is 47.6 Å². The summed E-state index contributed by atoms with van der Waals surface area (Å²) in [5.41, 5.74) is 3.80. The maximum absolute atomic E-state index is 2.56. The van der Waals surface area contributed by atoms with Crippen LogP contribution in [0.15, 0.2) is 47.6 Å². The van der Waals surface area contributed by atoms with Gasteiger partial charge in [0.25, 0.3) is 0 Å². The molecule has 2 saturated carbocycles. The van der Waals surface area contributed by atoms with Crippen molar-refractivity contribution in [3.63, 3.8) is 0 Å². The maximum atomic E-state index is 2.56. The lowest BCUT2D eigenvalue weighted by molar-refractivity contribution is 0.261. The Morgan fingerprint density at radius 2 is 2.09 bits per heavy atom. The lowest BCUT2D eigenvalue weighted by Gasteiger charge is -2.30. The van der Waals surface area contributed by atoms with Crippen molar-refractivity contribution in [3.8, 4) is 0 Å². The van der Waals surface area contributed by atoms with E-state index in [1.54, 1.807) is 5.57 Å². The summed E-state index contributed by atoms with van der Waals surface area (Å²) in [6, 6.07) is 0. The minimum absolute atomic E-state index is 0.713. The fourth-order valence-corrected chi connectivity index (χ4v) is 5.76. The van der Waals surface area contributed by atoms with E-state index in [-0.39, 0.29) is 0 Å². The van der Waals surface area contributed by atoms with Gasteiger partial charge in [-0.1, -0.05) is 55.9 Å². The Bertz CT molecular complexity index is 573. The summed E-state index contributed by atoms with van der Waals surface area (Å²) < 4.78 is 0. The Morgan fingerprint density at radius 3 is 2.68 bits per heavy atom. The van der Waals surface area contributed by atoms with Gasteiger partial charge >= 0.3 is 0 Å². The van der Waals surface area contributed by atoms with Crippen LogP contribution in [-0.2, 0) is 0 Å². The van der Waals surface area contributed by atoms with Gasteiger partial charge in [0, 0.05) is 0 Å². The van der Waals surface area contributed by atoms with Crippen molar-refractivity contribution < 1.29 is 0 Å². The molecule has 6 atom stereocenters. The summed E-state index contributed by atoms with van der Waals surface area (Å²) >= 11 is 0. The number of allylic oxidation sites excluding steroid dienone is 8. The van der Waals surface area contributed by atoms with E-state index in [4.69, 9.17) is 0 Å². The largest absolute Gasteiger partial charge is 0.0837 e. The SMILES string of the molecule is CC1=CC(CC(C(C)C2=CCC=C2)C2C3CCC32C)CC=C1. The topological polar surface area (TPSA) is 0 Å². The van der Waals surface area contributed by atoms with Crippen molar-refractivity contribution in [1.29, 1.82) is 0 Å². The molecular weight excluding hydrogens is 264 g/mol. The van der Waals surface area contributed by atoms with Crippen molar-refractivity contribution in [2.24, 2.45) is 35.0 Å². The van der Waals surface area contributed by atoms with Crippen LogP contribution >= 0.6 is 0 Å². The highest BCUT2D eigenvalue weighted by molar-refractivity contribution is 5.31. The Morgan fingerprint density at radius 1 is 1.27 bits per heavy atom. The highest BCUT2D eigenvalue weighted by Crippen LogP contribution is 2.76. The van der Waals surface area contributed by atoms with Crippen molar-refractivity contribution in [2.45, 2.75) is 52.9 Å². The van der Waals surface area contributed by atoms with E-state index in [1.807, 2.05) is 0 Å². The van der Waals surface area contributed by atoms with Crippen LogP contribution in [0.2, 0.25) is 0 Å². The molecule has 0 nitrogen and oxygen atoms in total. The van der Waals surface area contributed by atoms with E-state index in [0.717, 1.165) is 36.0 Å². The van der Waals surface area contributed by atoms with E-state index in [1.165, 1.54) is 31.3 Å². The molecule has 4 aliphatic rings. The van der Waals surface area contributed by atoms with Crippen LogP contribution < -0.4 is 0 Å². The highest BCUT2D eigenvalue weighted by Gasteiger charge is 2.69. The zero-order valence-corrected chi connectivity index (χ0v) is 14.4. The summed E-state index contributed by atoms with van der Waals surface area (Å²) in [6.45, 7) is 7.32. The van der Waals surface area contributed by atoms with Gasteiger partial charge in [0.15, 0.2) is 0 Å². The molecule has 0 spiro atoms. The molecule has 118 valence electrons. The van der Waals surface area contributed by atoms with Gasteiger partial charge in [-0.15, -0.1) is 0 Å². The van der Waals surface area contributed by atoms with Gasteiger partial charge in [-0.3, -0.25) is 0 Å². The average molecular weight is 294 g/mol. The molecule has 0 heteroatoms. The molecule has 6 unspecified atom stereocenters. The van der Waals surface area contributed by atoms with Crippen LogP contribution in [0.25, 0.3) is 0 Å². The predicted octanol–water partition coefficient (Wildman–Crippen LogP) is 6.08. The van der Waals surface area contributed by atoms with Gasteiger partial charge in [-0.05, 0) is 79.6 Å². The standard InChI is InChI=1S/C22H30/c1-15-7-6-8-17(13-15)14-19(16(2)18-9-4-5-10-18)21-20-11-12-22(20,21)3/h4,6-7,9-10,13,16-17,19-21H,5,8,11-12,14H2,1-3H3. The molecule has 4 aliphatic carbocycles. The Balaban J connectivity index is 1.53. The fourth-order valence-electron chi connectivity index (χ4n) is 5.76. The first-order chi connectivity index (χ1) is 10.6. The van der Waals surface area contributed by atoms with E-state index >= 15 is 0 Å². The van der Waals surface area contributed by atoms with Gasteiger partial charge in [0.05, 0.1) is 0 Å². The smallest absolute Gasteiger partial charge is 0.0160 e. The van der Waals surface area contributed by atoms with Crippen LogP contribution in [0.5, 0.6) is 0 Å². The van der Waals surface area contributed by atoms with Gasteiger partial charge < -0.3 is 0 Å². The zero-order valence-electron chi connectivity index (χ0n) is 14.4. The molecule has 0 aliphatic heterocycles. The van der Waals surface area contributed by atoms with E-state index in [2.05, 4.69) is 57.2 Å². The summed E-state index contributed by atoms with van der Waals surface area (Å²) in [6.07, 6.45) is 21.2. The van der Waals surface area contributed by atoms with Crippen molar-refractivity contribution in [1.82, 2.24) is 0 Å². The third kappa shape index (κ3) is 2.27. The molecule has 0 radical (unpaired) electrons. The average Bonchev–Trinajstić information content (AvgIpc) is 2.92. The predicted molar refractivity (Wildman–Crippen MR) is 94.4 cm³/mol. The molecule has 0 aromatic carbocycles. The van der Waals surface area contributed by atoms with Gasteiger partial charge in [-0.2, -0.15) is 0 Å². The van der Waals surface area contributed by atoms with Crippen LogP contribution in [0.1, 0.15) is 52.9 Å². The minimum Gasteiger partial charge on any atom is -0.0837 e. The lowest BCUT2D eigenvalue weighted by atomic mass is 9.75. The molecule has 4 rings (SSSR count). The lowest BCUT2D eigenvalue weighted by Crippen LogP contribution is -2.21. The van der Waals surface area contributed by atoms with E-state index in [9.17, 15) is 0 Å². The summed E-state index contributed by atoms with van der Waals surface area (Å²) in [7, 11) is 0. The van der Waals surface area contributed by atoms with E-state index in [0.29, 0.717) is 5.41 Å². The summed E-state index contributed by atoms with van der Waals surface area (Å²) in [4.78, 5) is 0. The van der Waals surface area contributed by atoms with Crippen LogP contribution in [0.4, 0.5) is 0 Å². The molecular formula is C22H30. The zero-order chi connectivity index (χ0) is 15.3. The second-order valence-corrected chi connectivity index (χ2v) is 8.52. The second-order valence-electron chi connectivity index (χ2n) is 8.52. The highest BCUT2D eigenvalue weighted by atomic mass is 14.7. The van der Waals surface area contributed by atoms with E-state index < -0.39 is 0 Å². The molecule has 0 amide bonds. The molecule has 0 bridgehead atoms. The van der Waals surface area contributed by atoms with Gasteiger partial charge in [0.1, 0.15) is 0 Å². The Hall–Kier alpha value is -1.04. The Kier molecular flexibility index (Phi) is 3.47. The van der Waals surface area contributed by atoms with Gasteiger partial charge in [0.2, 0.25) is 0 Å². The van der Waals surface area contributed by atoms with Crippen LogP contribution in [0.3, 0.4) is 0 Å². The molecule has 0 N–H and O–H groups in total. The monoisotopic (exact) mass is 294 g/mol. The van der Waals surface area contributed by atoms with Crippen LogP contribution in [0, 0.1) is 35.0 Å². The van der Waals surface area contributed by atoms with Crippen LogP contribution in [-0.4, -0.2) is 0 Å². The Labute approximate surface area is 136 Å². The second kappa shape index (κ2) is 5.25. The number of hydrogen-bond donors (Lipinski definition) is 0. The normalized spacial score (nSPS) is 41.3. The first-order valence-corrected chi connectivity index (χ1v) is 9.31. The third-order valence-electron chi connectivity index (χ3n) is 7.25. The summed E-state index contributed by atoms with van der Waals surface area (Å²) in [5.74, 6) is 4.44. The third-order valence-corrected chi connectivity index (χ3v) is 7.25. The quantitative estimate of drug-likeness (QED) is 0.576. The van der Waals surface area contributed by atoms with Crippen molar-refractivity contribution in [2.75, 3.05) is 0 Å². The molecule has 0 aromatic rings. The minimum atomic E-state index is 0.713. The first-order valence-electron chi connectivity index (χ1n) is 9.31. The van der Waals surface area contributed by atoms with Gasteiger partial charge in [-0.25, -0.2) is 0 Å². The molecule has 0 saturated heterocycles. The summed E-state index contributed by atoms with van der Waals surface area (Å²) in [5, 5.41) is 0. The fraction of sp³-hybridized carbons (Fsp3) is 0.636.